The maximum absolute atomic E-state index is 4.39. The van der Waals surface area contributed by atoms with Gasteiger partial charge in [0, 0.05) is 17.3 Å². The molecule has 0 amide bonds. The first kappa shape index (κ1) is 11.5. The van der Waals surface area contributed by atoms with Crippen molar-refractivity contribution in [2.45, 2.75) is 0 Å². The molecule has 0 aliphatic carbocycles. The minimum absolute atomic E-state index is 0.644. The van der Waals surface area contributed by atoms with E-state index in [0.29, 0.717) is 6.67 Å². The van der Waals surface area contributed by atoms with Crippen molar-refractivity contribution >= 4 is 22.3 Å². The number of fused-ring (bicyclic) bond motifs is 1. The number of pyridine rings is 1. The molecule has 0 radical (unpaired) electrons. The Kier molecular flexibility index (Phi) is 3.28. The van der Waals surface area contributed by atoms with Crippen LogP contribution in [0.3, 0.4) is 0 Å². The first-order valence-electron chi connectivity index (χ1n) is 6.30. The van der Waals surface area contributed by atoms with Gasteiger partial charge in [-0.2, -0.15) is 0 Å². The summed E-state index contributed by atoms with van der Waals surface area (Å²) < 4.78 is 0. The largest absolute Gasteiger partial charge is 0.368 e. The number of nitrogens with zero attached hydrogens (tertiary/aromatic N) is 1. The predicted molar refractivity (Wildman–Crippen MR) is 80.3 cm³/mol. The average Bonchev–Trinajstić information content (AvgIpc) is 2.49. The van der Waals surface area contributed by atoms with Gasteiger partial charge in [0.2, 0.25) is 0 Å². The van der Waals surface area contributed by atoms with E-state index in [0.717, 1.165) is 16.9 Å². The lowest BCUT2D eigenvalue weighted by atomic mass is 10.1. The summed E-state index contributed by atoms with van der Waals surface area (Å²) in [7, 11) is 0. The lowest BCUT2D eigenvalue weighted by Crippen LogP contribution is -2.12. The van der Waals surface area contributed by atoms with Crippen LogP contribution in [0.1, 0.15) is 0 Å². The van der Waals surface area contributed by atoms with E-state index in [4.69, 9.17) is 0 Å². The van der Waals surface area contributed by atoms with E-state index in [1.807, 2.05) is 54.7 Å². The maximum Gasteiger partial charge on any atom is 0.135 e. The lowest BCUT2D eigenvalue weighted by Gasteiger charge is -2.10. The lowest BCUT2D eigenvalue weighted by molar-refractivity contribution is 1.18. The van der Waals surface area contributed by atoms with Crippen LogP contribution < -0.4 is 10.6 Å². The fourth-order valence-electron chi connectivity index (χ4n) is 2.05. The molecule has 3 aromatic rings. The van der Waals surface area contributed by atoms with Crippen LogP contribution in [0.5, 0.6) is 0 Å². The maximum atomic E-state index is 4.39. The Morgan fingerprint density at radius 3 is 2.47 bits per heavy atom. The van der Waals surface area contributed by atoms with Gasteiger partial charge >= 0.3 is 0 Å². The van der Waals surface area contributed by atoms with Crippen molar-refractivity contribution in [1.82, 2.24) is 4.98 Å². The molecule has 1 heterocycles. The first-order chi connectivity index (χ1) is 9.43. The number of anilines is 2. The van der Waals surface area contributed by atoms with Crippen molar-refractivity contribution in [3.8, 4) is 0 Å². The van der Waals surface area contributed by atoms with Crippen molar-refractivity contribution in [3.05, 3.63) is 66.9 Å². The van der Waals surface area contributed by atoms with Gasteiger partial charge in [-0.15, -0.1) is 0 Å². The third-order valence-electron chi connectivity index (χ3n) is 3.00. The molecule has 2 N–H and O–H groups in total. The highest BCUT2D eigenvalue weighted by atomic mass is 15.1. The Balaban J connectivity index is 1.72. The number of nitrogens with one attached hydrogen (secondary N) is 2. The minimum Gasteiger partial charge on any atom is -0.368 e. The fourth-order valence-corrected chi connectivity index (χ4v) is 2.05. The van der Waals surface area contributed by atoms with Crippen molar-refractivity contribution < 1.29 is 0 Å². The number of aromatic nitrogens is 1. The second kappa shape index (κ2) is 5.40. The Labute approximate surface area is 112 Å². The number of benzene rings is 2. The van der Waals surface area contributed by atoms with Gasteiger partial charge in [0.25, 0.3) is 0 Å². The van der Waals surface area contributed by atoms with Gasteiger partial charge in [0.05, 0.1) is 6.67 Å². The molecule has 0 atom stereocenters. The smallest absolute Gasteiger partial charge is 0.135 e. The van der Waals surface area contributed by atoms with E-state index in [2.05, 4.69) is 27.8 Å². The van der Waals surface area contributed by atoms with E-state index < -0.39 is 0 Å². The summed E-state index contributed by atoms with van der Waals surface area (Å²) in [6.45, 7) is 0.644. The van der Waals surface area contributed by atoms with Crippen LogP contribution in [-0.2, 0) is 0 Å². The molecule has 0 bridgehead atoms. The van der Waals surface area contributed by atoms with E-state index in [-0.39, 0.29) is 0 Å². The first-order valence-corrected chi connectivity index (χ1v) is 6.30. The molecule has 3 rings (SSSR count). The molecule has 0 saturated carbocycles. The number of para-hydroxylation sites is 1. The van der Waals surface area contributed by atoms with Crippen molar-refractivity contribution in [1.29, 1.82) is 0 Å². The molecule has 0 aliphatic rings. The van der Waals surface area contributed by atoms with Crippen molar-refractivity contribution in [2.75, 3.05) is 17.3 Å². The van der Waals surface area contributed by atoms with Crippen LogP contribution in [0, 0.1) is 0 Å². The van der Waals surface area contributed by atoms with Gasteiger partial charge in [0.1, 0.15) is 5.82 Å². The molecular weight excluding hydrogens is 234 g/mol. The molecule has 2 aromatic carbocycles. The SMILES string of the molecule is c1ccc(NCNc2nccc3ccccc23)cc1. The third-order valence-corrected chi connectivity index (χ3v) is 3.00. The Bertz CT molecular complexity index is 660. The standard InChI is InChI=1S/C16H15N3/c1-2-7-14(8-3-1)18-12-19-16-15-9-5-4-6-13(15)10-11-17-16/h1-11,18H,12H2,(H,17,19). The Morgan fingerprint density at radius 2 is 1.58 bits per heavy atom. The van der Waals surface area contributed by atoms with E-state index in [1.54, 1.807) is 0 Å². The molecule has 3 nitrogen and oxygen atoms in total. The Morgan fingerprint density at radius 1 is 0.789 bits per heavy atom. The molecule has 0 saturated heterocycles. The molecule has 0 spiro atoms. The molecule has 0 fully saturated rings. The summed E-state index contributed by atoms with van der Waals surface area (Å²) in [6.07, 6.45) is 1.83. The predicted octanol–water partition coefficient (Wildman–Crippen LogP) is 3.72. The average molecular weight is 249 g/mol. The zero-order valence-corrected chi connectivity index (χ0v) is 10.5. The highest BCUT2D eigenvalue weighted by molar-refractivity contribution is 5.91. The Hall–Kier alpha value is -2.55. The fraction of sp³-hybridized carbons (Fsp3) is 0.0625. The number of rotatable bonds is 4. The highest BCUT2D eigenvalue weighted by Crippen LogP contribution is 2.20. The van der Waals surface area contributed by atoms with Gasteiger partial charge in [-0.1, -0.05) is 42.5 Å². The van der Waals surface area contributed by atoms with Gasteiger partial charge in [-0.25, -0.2) is 4.98 Å². The van der Waals surface area contributed by atoms with E-state index in [9.17, 15) is 0 Å². The van der Waals surface area contributed by atoms with Gasteiger partial charge in [-0.05, 0) is 23.6 Å². The van der Waals surface area contributed by atoms with Crippen LogP contribution in [0.2, 0.25) is 0 Å². The van der Waals surface area contributed by atoms with Crippen LogP contribution in [-0.4, -0.2) is 11.7 Å². The second-order valence-corrected chi connectivity index (χ2v) is 4.28. The zero-order chi connectivity index (χ0) is 12.9. The summed E-state index contributed by atoms with van der Waals surface area (Å²) in [5.74, 6) is 0.904. The normalized spacial score (nSPS) is 10.3. The summed E-state index contributed by atoms with van der Waals surface area (Å²) in [4.78, 5) is 4.39. The summed E-state index contributed by atoms with van der Waals surface area (Å²) in [5.41, 5.74) is 1.09. The number of hydrogen-bond acceptors (Lipinski definition) is 3. The van der Waals surface area contributed by atoms with Crippen LogP contribution in [0.25, 0.3) is 10.8 Å². The van der Waals surface area contributed by atoms with Gasteiger partial charge in [0.15, 0.2) is 0 Å². The topological polar surface area (TPSA) is 37.0 Å². The summed E-state index contributed by atoms with van der Waals surface area (Å²) >= 11 is 0. The molecule has 0 unspecified atom stereocenters. The van der Waals surface area contributed by atoms with E-state index in [1.165, 1.54) is 5.39 Å². The van der Waals surface area contributed by atoms with Crippen molar-refractivity contribution in [2.24, 2.45) is 0 Å². The van der Waals surface area contributed by atoms with Gasteiger partial charge < -0.3 is 10.6 Å². The zero-order valence-electron chi connectivity index (χ0n) is 10.5. The van der Waals surface area contributed by atoms with Crippen LogP contribution >= 0.6 is 0 Å². The minimum atomic E-state index is 0.644. The molecular formula is C16H15N3. The van der Waals surface area contributed by atoms with Gasteiger partial charge in [-0.3, -0.25) is 0 Å². The highest BCUT2D eigenvalue weighted by Gasteiger charge is 2.00. The van der Waals surface area contributed by atoms with E-state index >= 15 is 0 Å². The van der Waals surface area contributed by atoms with Crippen LogP contribution in [0.15, 0.2) is 66.9 Å². The second-order valence-electron chi connectivity index (χ2n) is 4.28. The quantitative estimate of drug-likeness (QED) is 0.692. The molecule has 3 heteroatoms. The van der Waals surface area contributed by atoms with Crippen LogP contribution in [0.4, 0.5) is 11.5 Å². The molecule has 19 heavy (non-hydrogen) atoms. The number of hydrogen-bond donors (Lipinski definition) is 2. The third kappa shape index (κ3) is 2.65. The summed E-state index contributed by atoms with van der Waals surface area (Å²) in [5, 5.41) is 8.95. The molecule has 94 valence electrons. The molecule has 0 aliphatic heterocycles. The van der Waals surface area contributed by atoms with Crippen molar-refractivity contribution in [3.63, 3.8) is 0 Å². The monoisotopic (exact) mass is 249 g/mol. The summed E-state index contributed by atoms with van der Waals surface area (Å²) in [6, 6.07) is 20.4. The molecule has 1 aromatic heterocycles.